The van der Waals surface area contributed by atoms with E-state index in [0.29, 0.717) is 6.04 Å². The van der Waals surface area contributed by atoms with Gasteiger partial charge in [0.15, 0.2) is 0 Å². The summed E-state index contributed by atoms with van der Waals surface area (Å²) in [6, 6.07) is 0.318. The lowest BCUT2D eigenvalue weighted by Gasteiger charge is -2.17. The first kappa shape index (κ1) is 13.2. The Bertz CT molecular complexity index is 489. The molecule has 0 fully saturated rings. The van der Waals surface area contributed by atoms with Crippen molar-refractivity contribution in [1.29, 1.82) is 0 Å². The van der Waals surface area contributed by atoms with E-state index < -0.39 is 0 Å². The van der Waals surface area contributed by atoms with Crippen LogP contribution >= 0.6 is 11.3 Å². The first-order valence-corrected chi connectivity index (χ1v) is 7.20. The fourth-order valence-electron chi connectivity index (χ4n) is 2.00. The average molecular weight is 264 g/mol. The molecule has 2 heterocycles. The number of aromatic nitrogens is 3. The van der Waals surface area contributed by atoms with E-state index in [9.17, 15) is 0 Å². The van der Waals surface area contributed by atoms with Crippen molar-refractivity contribution in [2.45, 2.75) is 32.7 Å². The molecule has 0 aliphatic carbocycles. The van der Waals surface area contributed by atoms with Crippen LogP contribution in [0, 0.1) is 6.92 Å². The Kier molecular flexibility index (Phi) is 4.49. The van der Waals surface area contributed by atoms with Crippen molar-refractivity contribution in [3.05, 3.63) is 34.3 Å². The molecule has 0 aliphatic rings. The largest absolute Gasteiger partial charge is 0.338 e. The molecular weight excluding hydrogens is 244 g/mol. The van der Waals surface area contributed by atoms with Crippen LogP contribution in [-0.2, 0) is 13.5 Å². The van der Waals surface area contributed by atoms with Gasteiger partial charge in [-0.25, -0.2) is 9.97 Å². The molecule has 0 spiro atoms. The molecule has 0 saturated carbocycles. The Hall–Kier alpha value is -1.20. The van der Waals surface area contributed by atoms with Gasteiger partial charge >= 0.3 is 0 Å². The van der Waals surface area contributed by atoms with E-state index in [0.717, 1.165) is 30.9 Å². The summed E-state index contributed by atoms with van der Waals surface area (Å²) in [6.07, 6.45) is 5.89. The summed E-state index contributed by atoms with van der Waals surface area (Å²) in [5.74, 6) is 1.11. The van der Waals surface area contributed by atoms with E-state index in [1.807, 2.05) is 25.0 Å². The molecule has 2 rings (SSSR count). The van der Waals surface area contributed by atoms with Crippen LogP contribution in [0.25, 0.3) is 0 Å². The summed E-state index contributed by atoms with van der Waals surface area (Å²) in [5.41, 5.74) is 3.05. The lowest BCUT2D eigenvalue weighted by molar-refractivity contribution is 0.516. The second-order valence-corrected chi connectivity index (χ2v) is 5.35. The quantitative estimate of drug-likeness (QED) is 0.871. The highest BCUT2D eigenvalue weighted by Crippen LogP contribution is 2.24. The summed E-state index contributed by atoms with van der Waals surface area (Å²) in [5, 5.41) is 3.60. The number of thiazole rings is 1. The summed E-state index contributed by atoms with van der Waals surface area (Å²) in [6.45, 7) is 5.28. The second-order valence-electron chi connectivity index (χ2n) is 4.47. The lowest BCUT2D eigenvalue weighted by Crippen LogP contribution is -2.25. The van der Waals surface area contributed by atoms with Crippen LogP contribution in [-0.4, -0.2) is 21.1 Å². The monoisotopic (exact) mass is 264 g/mol. The minimum atomic E-state index is 0.318. The maximum Gasteiger partial charge on any atom is 0.110 e. The molecule has 98 valence electrons. The molecule has 1 unspecified atom stereocenters. The Morgan fingerprint density at radius 3 is 2.83 bits per heavy atom. The average Bonchev–Trinajstić information content (AvgIpc) is 2.94. The molecule has 0 bridgehead atoms. The van der Waals surface area contributed by atoms with Crippen LogP contribution in [0.4, 0.5) is 0 Å². The van der Waals surface area contributed by atoms with E-state index in [1.54, 1.807) is 11.3 Å². The van der Waals surface area contributed by atoms with Gasteiger partial charge in [0.25, 0.3) is 0 Å². The maximum absolute atomic E-state index is 4.41. The van der Waals surface area contributed by atoms with Crippen LogP contribution in [0.15, 0.2) is 17.9 Å². The minimum Gasteiger partial charge on any atom is -0.338 e. The Labute approximate surface area is 112 Å². The molecule has 0 aliphatic heterocycles. The first-order valence-electron chi connectivity index (χ1n) is 6.32. The van der Waals surface area contributed by atoms with Crippen molar-refractivity contribution in [3.63, 3.8) is 0 Å². The van der Waals surface area contributed by atoms with Crippen LogP contribution in [0.5, 0.6) is 0 Å². The third-order valence-electron chi connectivity index (χ3n) is 3.05. The van der Waals surface area contributed by atoms with Gasteiger partial charge in [0, 0.05) is 30.7 Å². The molecule has 1 N–H and O–H groups in total. The standard InChI is InChI=1S/C13H20N4S/c1-4-5-14-11(13-10(2)16-9-18-13)8-12-15-6-7-17(12)3/h6-7,9,11,14H,4-5,8H2,1-3H3. The molecule has 0 saturated heterocycles. The predicted molar refractivity (Wildman–Crippen MR) is 74.8 cm³/mol. The van der Waals surface area contributed by atoms with Gasteiger partial charge in [-0.15, -0.1) is 11.3 Å². The van der Waals surface area contributed by atoms with Crippen molar-refractivity contribution < 1.29 is 0 Å². The van der Waals surface area contributed by atoms with Gasteiger partial charge in [-0.05, 0) is 19.9 Å². The van der Waals surface area contributed by atoms with Crippen molar-refractivity contribution >= 4 is 11.3 Å². The van der Waals surface area contributed by atoms with Crippen LogP contribution in [0.1, 0.15) is 35.8 Å². The zero-order valence-corrected chi connectivity index (χ0v) is 12.0. The smallest absolute Gasteiger partial charge is 0.110 e. The van der Waals surface area contributed by atoms with Gasteiger partial charge in [-0.3, -0.25) is 0 Å². The number of rotatable bonds is 6. The number of imidazole rings is 1. The van der Waals surface area contributed by atoms with Crippen molar-refractivity contribution in [2.75, 3.05) is 6.54 Å². The number of nitrogens with zero attached hydrogens (tertiary/aromatic N) is 3. The minimum absolute atomic E-state index is 0.318. The molecule has 1 atom stereocenters. The van der Waals surface area contributed by atoms with Gasteiger partial charge in [0.1, 0.15) is 5.82 Å². The summed E-state index contributed by atoms with van der Waals surface area (Å²) in [7, 11) is 2.04. The number of aryl methyl sites for hydroxylation is 2. The molecule has 0 amide bonds. The van der Waals surface area contributed by atoms with Gasteiger partial charge in [0.05, 0.1) is 17.2 Å². The topological polar surface area (TPSA) is 42.7 Å². The fourth-order valence-corrected chi connectivity index (χ4v) is 2.88. The number of hydrogen-bond donors (Lipinski definition) is 1. The summed E-state index contributed by atoms with van der Waals surface area (Å²) < 4.78 is 2.08. The maximum atomic E-state index is 4.41. The van der Waals surface area contributed by atoms with E-state index in [1.165, 1.54) is 4.88 Å². The molecule has 0 aromatic carbocycles. The number of hydrogen-bond acceptors (Lipinski definition) is 4. The van der Waals surface area contributed by atoms with E-state index in [-0.39, 0.29) is 0 Å². The van der Waals surface area contributed by atoms with Crippen LogP contribution in [0.3, 0.4) is 0 Å². The third-order valence-corrected chi connectivity index (χ3v) is 4.09. The van der Waals surface area contributed by atoms with Gasteiger partial charge in [0.2, 0.25) is 0 Å². The molecule has 18 heavy (non-hydrogen) atoms. The van der Waals surface area contributed by atoms with Crippen molar-refractivity contribution in [2.24, 2.45) is 7.05 Å². The highest BCUT2D eigenvalue weighted by Gasteiger charge is 2.17. The van der Waals surface area contributed by atoms with Gasteiger partial charge in [-0.2, -0.15) is 0 Å². The fraction of sp³-hybridized carbons (Fsp3) is 0.538. The van der Waals surface area contributed by atoms with Gasteiger partial charge in [-0.1, -0.05) is 6.92 Å². The van der Waals surface area contributed by atoms with Gasteiger partial charge < -0.3 is 9.88 Å². The highest BCUT2D eigenvalue weighted by molar-refractivity contribution is 7.09. The van der Waals surface area contributed by atoms with Crippen molar-refractivity contribution in [1.82, 2.24) is 19.9 Å². The van der Waals surface area contributed by atoms with Crippen LogP contribution in [0.2, 0.25) is 0 Å². The predicted octanol–water partition coefficient (Wildman–Crippen LogP) is 2.47. The Morgan fingerprint density at radius 2 is 2.28 bits per heavy atom. The molecular formula is C13H20N4S. The Morgan fingerprint density at radius 1 is 1.44 bits per heavy atom. The highest BCUT2D eigenvalue weighted by atomic mass is 32.1. The molecule has 2 aromatic heterocycles. The third kappa shape index (κ3) is 2.97. The Balaban J connectivity index is 2.15. The zero-order chi connectivity index (χ0) is 13.0. The molecule has 2 aromatic rings. The first-order chi connectivity index (χ1) is 8.72. The van der Waals surface area contributed by atoms with E-state index in [4.69, 9.17) is 0 Å². The van der Waals surface area contributed by atoms with Crippen molar-refractivity contribution in [3.8, 4) is 0 Å². The SMILES string of the molecule is CCCNC(Cc1nccn1C)c1scnc1C. The summed E-state index contributed by atoms with van der Waals surface area (Å²) in [4.78, 5) is 10.1. The summed E-state index contributed by atoms with van der Waals surface area (Å²) >= 11 is 1.73. The number of nitrogens with one attached hydrogen (secondary N) is 1. The molecule has 4 nitrogen and oxygen atoms in total. The lowest BCUT2D eigenvalue weighted by atomic mass is 10.1. The second kappa shape index (κ2) is 6.11. The zero-order valence-electron chi connectivity index (χ0n) is 11.2. The normalized spacial score (nSPS) is 12.8. The van der Waals surface area contributed by atoms with Crippen LogP contribution < -0.4 is 5.32 Å². The van der Waals surface area contributed by atoms with E-state index >= 15 is 0 Å². The van der Waals surface area contributed by atoms with E-state index in [2.05, 4.69) is 33.7 Å². The molecule has 0 radical (unpaired) electrons. The molecule has 5 heteroatoms.